The molecule has 3 aromatic rings. The lowest BCUT2D eigenvalue weighted by atomic mass is 10.1. The SMILES string of the molecule is Nc1cc2ccccc2c(=O)n1-c1ccc(Cl)cc1Cl. The summed E-state index contributed by atoms with van der Waals surface area (Å²) in [6, 6.07) is 14.0. The van der Waals surface area contributed by atoms with Gasteiger partial charge in [0.1, 0.15) is 5.82 Å². The fraction of sp³-hybridized carbons (Fsp3) is 0. The molecular formula is C15H10Cl2N2O. The van der Waals surface area contributed by atoms with Gasteiger partial charge >= 0.3 is 0 Å². The number of nitrogens with zero attached hydrogens (tertiary/aromatic N) is 1. The summed E-state index contributed by atoms with van der Waals surface area (Å²) in [5, 5.41) is 2.27. The smallest absolute Gasteiger partial charge is 0.264 e. The van der Waals surface area contributed by atoms with Gasteiger partial charge in [0, 0.05) is 10.4 Å². The maximum Gasteiger partial charge on any atom is 0.264 e. The summed E-state index contributed by atoms with van der Waals surface area (Å²) < 4.78 is 1.39. The van der Waals surface area contributed by atoms with Crippen molar-refractivity contribution in [1.82, 2.24) is 4.57 Å². The molecule has 2 N–H and O–H groups in total. The van der Waals surface area contributed by atoms with Crippen LogP contribution in [0.2, 0.25) is 10.0 Å². The average molecular weight is 305 g/mol. The number of fused-ring (bicyclic) bond motifs is 1. The van der Waals surface area contributed by atoms with Crippen LogP contribution in [0, 0.1) is 0 Å². The molecule has 20 heavy (non-hydrogen) atoms. The van der Waals surface area contributed by atoms with E-state index in [0.29, 0.717) is 26.9 Å². The van der Waals surface area contributed by atoms with Crippen LogP contribution in [0.25, 0.3) is 16.5 Å². The fourth-order valence-electron chi connectivity index (χ4n) is 2.19. The fourth-order valence-corrected chi connectivity index (χ4v) is 2.68. The Morgan fingerprint density at radius 2 is 1.75 bits per heavy atom. The summed E-state index contributed by atoms with van der Waals surface area (Å²) in [5.41, 5.74) is 6.31. The third-order valence-electron chi connectivity index (χ3n) is 3.11. The van der Waals surface area contributed by atoms with Crippen LogP contribution in [0.3, 0.4) is 0 Å². The number of nitrogens with two attached hydrogens (primary N) is 1. The summed E-state index contributed by atoms with van der Waals surface area (Å²) >= 11 is 12.0. The number of nitrogen functional groups attached to an aromatic ring is 1. The molecule has 0 radical (unpaired) electrons. The van der Waals surface area contributed by atoms with Gasteiger partial charge in [0.05, 0.1) is 10.7 Å². The highest BCUT2D eigenvalue weighted by Gasteiger charge is 2.11. The molecule has 0 spiro atoms. The van der Waals surface area contributed by atoms with Gasteiger partial charge in [0.15, 0.2) is 0 Å². The van der Waals surface area contributed by atoms with Crippen LogP contribution in [0.15, 0.2) is 53.3 Å². The van der Waals surface area contributed by atoms with E-state index in [2.05, 4.69) is 0 Å². The van der Waals surface area contributed by atoms with Gasteiger partial charge in [-0.15, -0.1) is 0 Å². The highest BCUT2D eigenvalue weighted by Crippen LogP contribution is 2.26. The first-order chi connectivity index (χ1) is 9.58. The number of rotatable bonds is 1. The first kappa shape index (κ1) is 13.0. The molecule has 1 aromatic heterocycles. The topological polar surface area (TPSA) is 48.0 Å². The first-order valence-corrected chi connectivity index (χ1v) is 6.69. The molecule has 100 valence electrons. The lowest BCUT2D eigenvalue weighted by Crippen LogP contribution is -2.21. The van der Waals surface area contributed by atoms with Gasteiger partial charge in [0.25, 0.3) is 5.56 Å². The molecule has 0 unspecified atom stereocenters. The normalized spacial score (nSPS) is 10.9. The maximum absolute atomic E-state index is 12.6. The van der Waals surface area contributed by atoms with Crippen LogP contribution in [0.4, 0.5) is 5.82 Å². The van der Waals surface area contributed by atoms with E-state index in [1.165, 1.54) is 4.57 Å². The standard InChI is InChI=1S/C15H10Cl2N2O/c16-10-5-6-13(12(17)8-10)19-14(18)7-9-3-1-2-4-11(9)15(19)20/h1-8H,18H2. The van der Waals surface area contributed by atoms with E-state index in [9.17, 15) is 4.79 Å². The van der Waals surface area contributed by atoms with Crippen LogP contribution in [0.5, 0.6) is 0 Å². The molecule has 0 aliphatic rings. The number of pyridine rings is 1. The second-order valence-corrected chi connectivity index (χ2v) is 5.24. The third-order valence-corrected chi connectivity index (χ3v) is 3.64. The molecule has 2 aromatic carbocycles. The van der Waals surface area contributed by atoms with Crippen molar-refractivity contribution in [3.63, 3.8) is 0 Å². The molecule has 1 heterocycles. The number of halogens is 2. The molecule has 5 heteroatoms. The zero-order chi connectivity index (χ0) is 14.3. The van der Waals surface area contributed by atoms with Crippen molar-refractivity contribution < 1.29 is 0 Å². The largest absolute Gasteiger partial charge is 0.385 e. The average Bonchev–Trinajstić information content (AvgIpc) is 2.41. The number of hydrogen-bond donors (Lipinski definition) is 1. The van der Waals surface area contributed by atoms with Crippen molar-refractivity contribution in [1.29, 1.82) is 0 Å². The Hall–Kier alpha value is -1.97. The Morgan fingerprint density at radius 3 is 2.50 bits per heavy atom. The third kappa shape index (κ3) is 2.05. The van der Waals surface area contributed by atoms with Crippen molar-refractivity contribution in [2.24, 2.45) is 0 Å². The predicted molar refractivity (Wildman–Crippen MR) is 84.0 cm³/mol. The molecule has 3 nitrogen and oxygen atoms in total. The van der Waals surface area contributed by atoms with Gasteiger partial charge in [-0.2, -0.15) is 0 Å². The van der Waals surface area contributed by atoms with Crippen molar-refractivity contribution >= 4 is 39.8 Å². The zero-order valence-corrected chi connectivity index (χ0v) is 11.8. The van der Waals surface area contributed by atoms with Gasteiger partial charge in [-0.3, -0.25) is 9.36 Å². The molecule has 0 saturated heterocycles. The summed E-state index contributed by atoms with van der Waals surface area (Å²) in [5.74, 6) is 0.331. The second kappa shape index (κ2) is 4.85. The molecule has 0 amide bonds. The number of hydrogen-bond acceptors (Lipinski definition) is 2. The number of benzene rings is 2. The summed E-state index contributed by atoms with van der Waals surface area (Å²) in [4.78, 5) is 12.6. The Kier molecular flexibility index (Phi) is 3.16. The molecule has 0 fully saturated rings. The maximum atomic E-state index is 12.6. The minimum Gasteiger partial charge on any atom is -0.385 e. The van der Waals surface area contributed by atoms with E-state index in [4.69, 9.17) is 28.9 Å². The lowest BCUT2D eigenvalue weighted by molar-refractivity contribution is 1.02. The van der Waals surface area contributed by atoms with E-state index >= 15 is 0 Å². The Balaban J connectivity index is 2.39. The number of aromatic nitrogens is 1. The lowest BCUT2D eigenvalue weighted by Gasteiger charge is -2.13. The van der Waals surface area contributed by atoms with Gasteiger partial charge in [-0.05, 0) is 35.7 Å². The van der Waals surface area contributed by atoms with E-state index in [-0.39, 0.29) is 5.56 Å². The van der Waals surface area contributed by atoms with Gasteiger partial charge in [-0.1, -0.05) is 41.4 Å². The Morgan fingerprint density at radius 1 is 1.00 bits per heavy atom. The van der Waals surface area contributed by atoms with E-state index in [0.717, 1.165) is 5.39 Å². The van der Waals surface area contributed by atoms with Crippen LogP contribution in [-0.2, 0) is 0 Å². The van der Waals surface area contributed by atoms with Crippen LogP contribution >= 0.6 is 23.2 Å². The molecule has 0 aliphatic heterocycles. The highest BCUT2D eigenvalue weighted by atomic mass is 35.5. The molecule has 0 saturated carbocycles. The number of anilines is 1. The van der Waals surface area contributed by atoms with Crippen molar-refractivity contribution in [3.8, 4) is 5.69 Å². The van der Waals surface area contributed by atoms with Gasteiger partial charge in [-0.25, -0.2) is 0 Å². The molecule has 0 bridgehead atoms. The quantitative estimate of drug-likeness (QED) is 0.741. The van der Waals surface area contributed by atoms with Gasteiger partial charge < -0.3 is 5.73 Å². The van der Waals surface area contributed by atoms with E-state index in [1.54, 1.807) is 30.3 Å². The van der Waals surface area contributed by atoms with Crippen LogP contribution < -0.4 is 11.3 Å². The highest BCUT2D eigenvalue weighted by molar-refractivity contribution is 6.35. The van der Waals surface area contributed by atoms with Crippen LogP contribution in [0.1, 0.15) is 0 Å². The van der Waals surface area contributed by atoms with Gasteiger partial charge in [0.2, 0.25) is 0 Å². The zero-order valence-electron chi connectivity index (χ0n) is 10.3. The minimum absolute atomic E-state index is 0.204. The Bertz CT molecular complexity index is 871. The molecule has 0 atom stereocenters. The monoisotopic (exact) mass is 304 g/mol. The van der Waals surface area contributed by atoms with Crippen molar-refractivity contribution in [2.45, 2.75) is 0 Å². The first-order valence-electron chi connectivity index (χ1n) is 5.93. The molecular weight excluding hydrogens is 295 g/mol. The predicted octanol–water partition coefficient (Wildman–Crippen LogP) is 3.88. The van der Waals surface area contributed by atoms with E-state index < -0.39 is 0 Å². The van der Waals surface area contributed by atoms with Crippen molar-refractivity contribution in [3.05, 3.63) is 68.9 Å². The van der Waals surface area contributed by atoms with Crippen molar-refractivity contribution in [2.75, 3.05) is 5.73 Å². The Labute approximate surface area is 125 Å². The van der Waals surface area contributed by atoms with Crippen LogP contribution in [-0.4, -0.2) is 4.57 Å². The molecule has 0 aliphatic carbocycles. The van der Waals surface area contributed by atoms with E-state index in [1.807, 2.05) is 18.2 Å². The molecule has 3 rings (SSSR count). The summed E-state index contributed by atoms with van der Waals surface area (Å²) in [6.45, 7) is 0. The summed E-state index contributed by atoms with van der Waals surface area (Å²) in [7, 11) is 0. The second-order valence-electron chi connectivity index (χ2n) is 4.39. The minimum atomic E-state index is -0.204. The summed E-state index contributed by atoms with van der Waals surface area (Å²) in [6.07, 6.45) is 0.